The summed E-state index contributed by atoms with van der Waals surface area (Å²) in [6.07, 6.45) is -4.57. The molecule has 186 valence electrons. The van der Waals surface area contributed by atoms with Crippen molar-refractivity contribution in [3.8, 4) is 0 Å². The first-order valence-electron chi connectivity index (χ1n) is 10.2. The molecule has 1 heterocycles. The number of anilines is 1. The number of hydrogen-bond donors (Lipinski definition) is 2. The lowest BCUT2D eigenvalue weighted by Gasteiger charge is -2.31. The molecule has 0 saturated heterocycles. The van der Waals surface area contributed by atoms with Crippen LogP contribution in [-0.2, 0) is 21.0 Å². The summed E-state index contributed by atoms with van der Waals surface area (Å²) >= 11 is 5.97. The standard InChI is InChI=1S/C24H16ClF3N2O5S/c25-16-5-3-4-14(12-16)22(32)21-23(33)18-6-1-2-7-19(18)36(34,35)30(21)13-20(31)29-17-10-8-15(9-11-17)24(26,27)28/h1-12,32H,13H2,(H,29,31)/b22-21+. The summed E-state index contributed by atoms with van der Waals surface area (Å²) < 4.78 is 65.6. The lowest BCUT2D eigenvalue weighted by Crippen LogP contribution is -2.43. The Morgan fingerprint density at radius 3 is 2.31 bits per heavy atom. The number of aliphatic hydroxyl groups excluding tert-OH is 1. The average Bonchev–Trinajstić information content (AvgIpc) is 2.82. The minimum absolute atomic E-state index is 0.0290. The quantitative estimate of drug-likeness (QED) is 0.356. The molecular formula is C24H16ClF3N2O5S. The van der Waals surface area contributed by atoms with Gasteiger partial charge in [-0.3, -0.25) is 9.59 Å². The van der Waals surface area contributed by atoms with Gasteiger partial charge in [0.1, 0.15) is 12.2 Å². The van der Waals surface area contributed by atoms with Gasteiger partial charge in [0, 0.05) is 21.8 Å². The molecule has 4 rings (SSSR count). The van der Waals surface area contributed by atoms with Crippen LogP contribution in [0.2, 0.25) is 5.02 Å². The normalized spacial score (nSPS) is 16.3. The van der Waals surface area contributed by atoms with Gasteiger partial charge in [-0.25, -0.2) is 12.7 Å². The topological polar surface area (TPSA) is 104 Å². The monoisotopic (exact) mass is 536 g/mol. The van der Waals surface area contributed by atoms with Crippen molar-refractivity contribution < 1.29 is 36.3 Å². The van der Waals surface area contributed by atoms with Crippen LogP contribution in [0, 0.1) is 0 Å². The van der Waals surface area contributed by atoms with Crippen LogP contribution in [0.4, 0.5) is 18.9 Å². The van der Waals surface area contributed by atoms with Gasteiger partial charge in [0.2, 0.25) is 11.7 Å². The van der Waals surface area contributed by atoms with Gasteiger partial charge in [-0.1, -0.05) is 35.9 Å². The zero-order valence-electron chi connectivity index (χ0n) is 18.1. The van der Waals surface area contributed by atoms with E-state index in [2.05, 4.69) is 5.32 Å². The van der Waals surface area contributed by atoms with Gasteiger partial charge in [0.15, 0.2) is 5.76 Å². The van der Waals surface area contributed by atoms with Crippen molar-refractivity contribution in [3.63, 3.8) is 0 Å². The van der Waals surface area contributed by atoms with Crippen molar-refractivity contribution in [2.75, 3.05) is 11.9 Å². The zero-order valence-corrected chi connectivity index (χ0v) is 19.7. The number of amides is 1. The van der Waals surface area contributed by atoms with Crippen molar-refractivity contribution in [3.05, 3.63) is 100 Å². The van der Waals surface area contributed by atoms with Gasteiger partial charge in [0.05, 0.1) is 10.5 Å². The molecule has 0 radical (unpaired) electrons. The lowest BCUT2D eigenvalue weighted by atomic mass is 10.0. The van der Waals surface area contributed by atoms with Gasteiger partial charge < -0.3 is 10.4 Å². The Kier molecular flexibility index (Phi) is 6.54. The molecule has 0 fully saturated rings. The highest BCUT2D eigenvalue weighted by Gasteiger charge is 2.42. The van der Waals surface area contributed by atoms with Crippen LogP contribution in [0.25, 0.3) is 5.76 Å². The Balaban J connectivity index is 1.75. The number of benzene rings is 3. The van der Waals surface area contributed by atoms with Crippen molar-refractivity contribution in [1.82, 2.24) is 4.31 Å². The number of rotatable bonds is 4. The van der Waals surface area contributed by atoms with Crippen LogP contribution in [0.15, 0.2) is 83.4 Å². The van der Waals surface area contributed by atoms with Gasteiger partial charge in [-0.2, -0.15) is 13.2 Å². The summed E-state index contributed by atoms with van der Waals surface area (Å²) in [5.74, 6) is -2.52. The van der Waals surface area contributed by atoms with Crippen LogP contribution >= 0.6 is 11.6 Å². The number of sulfonamides is 1. The molecule has 3 aromatic carbocycles. The Morgan fingerprint density at radius 1 is 1.00 bits per heavy atom. The highest BCUT2D eigenvalue weighted by atomic mass is 35.5. The summed E-state index contributed by atoms with van der Waals surface area (Å²) in [4.78, 5) is 25.7. The van der Waals surface area contributed by atoms with Crippen molar-refractivity contribution >= 4 is 44.8 Å². The van der Waals surface area contributed by atoms with E-state index in [4.69, 9.17) is 11.6 Å². The van der Waals surface area contributed by atoms with E-state index in [-0.39, 0.29) is 26.7 Å². The zero-order chi connectivity index (χ0) is 26.3. The molecule has 0 aliphatic carbocycles. The van der Waals surface area contributed by atoms with Gasteiger partial charge in [-0.05, 0) is 48.5 Å². The maximum Gasteiger partial charge on any atom is 0.416 e. The highest BCUT2D eigenvalue weighted by Crippen LogP contribution is 2.36. The number of ketones is 1. The molecule has 1 amide bonds. The third kappa shape index (κ3) is 4.79. The first kappa shape index (κ1) is 25.3. The van der Waals surface area contributed by atoms with Crippen molar-refractivity contribution in [1.29, 1.82) is 0 Å². The molecule has 1 aliphatic rings. The van der Waals surface area contributed by atoms with E-state index in [1.54, 1.807) is 0 Å². The minimum Gasteiger partial charge on any atom is -0.505 e. The van der Waals surface area contributed by atoms with E-state index < -0.39 is 51.5 Å². The Bertz CT molecular complexity index is 1500. The fourth-order valence-electron chi connectivity index (χ4n) is 3.59. The second-order valence-corrected chi connectivity index (χ2v) is 9.93. The van der Waals surface area contributed by atoms with Gasteiger partial charge in [-0.15, -0.1) is 0 Å². The van der Waals surface area contributed by atoms with E-state index in [0.29, 0.717) is 4.31 Å². The fraction of sp³-hybridized carbons (Fsp3) is 0.0833. The molecule has 0 unspecified atom stereocenters. The lowest BCUT2D eigenvalue weighted by molar-refractivity contribution is -0.137. The Labute approximate surface area is 208 Å². The maximum absolute atomic E-state index is 13.4. The van der Waals surface area contributed by atoms with E-state index >= 15 is 0 Å². The summed E-state index contributed by atoms with van der Waals surface area (Å²) in [6.45, 7) is -0.941. The summed E-state index contributed by atoms with van der Waals surface area (Å²) in [6, 6.07) is 14.5. The largest absolute Gasteiger partial charge is 0.505 e. The summed E-state index contributed by atoms with van der Waals surface area (Å²) in [5, 5.41) is 13.4. The van der Waals surface area contributed by atoms with Gasteiger partial charge in [0.25, 0.3) is 10.0 Å². The van der Waals surface area contributed by atoms with E-state index in [1.807, 2.05) is 0 Å². The predicted molar refractivity (Wildman–Crippen MR) is 126 cm³/mol. The van der Waals surface area contributed by atoms with Crippen molar-refractivity contribution in [2.45, 2.75) is 11.1 Å². The van der Waals surface area contributed by atoms with Crippen LogP contribution in [-0.4, -0.2) is 36.1 Å². The molecule has 0 bridgehead atoms. The first-order valence-corrected chi connectivity index (χ1v) is 12.0. The van der Waals surface area contributed by atoms with Gasteiger partial charge >= 0.3 is 6.18 Å². The molecule has 0 spiro atoms. The van der Waals surface area contributed by atoms with Crippen LogP contribution in [0.5, 0.6) is 0 Å². The molecule has 2 N–H and O–H groups in total. The SMILES string of the molecule is O=C(CN1/C(=C(/O)c2cccc(Cl)c2)C(=O)c2ccccc2S1(=O)=O)Nc1ccc(C(F)(F)F)cc1. The van der Waals surface area contributed by atoms with E-state index in [9.17, 15) is 36.3 Å². The molecule has 1 aliphatic heterocycles. The van der Waals surface area contributed by atoms with Crippen LogP contribution in [0.3, 0.4) is 0 Å². The average molecular weight is 537 g/mol. The van der Waals surface area contributed by atoms with E-state index in [1.165, 1.54) is 48.5 Å². The summed E-state index contributed by atoms with van der Waals surface area (Å²) in [7, 11) is -4.49. The number of fused-ring (bicyclic) bond motifs is 1. The van der Waals surface area contributed by atoms with Crippen molar-refractivity contribution in [2.24, 2.45) is 0 Å². The molecule has 0 aromatic heterocycles. The number of carbonyl (C=O) groups excluding carboxylic acids is 2. The molecule has 12 heteroatoms. The molecule has 36 heavy (non-hydrogen) atoms. The number of hydrogen-bond acceptors (Lipinski definition) is 5. The third-order valence-corrected chi connectivity index (χ3v) is 7.31. The number of aliphatic hydroxyl groups is 1. The maximum atomic E-state index is 13.4. The summed E-state index contributed by atoms with van der Waals surface area (Å²) in [5.41, 5.74) is -1.79. The van der Waals surface area contributed by atoms with Crippen LogP contribution < -0.4 is 5.32 Å². The molecule has 7 nitrogen and oxygen atoms in total. The smallest absolute Gasteiger partial charge is 0.416 e. The first-order chi connectivity index (χ1) is 16.9. The molecule has 0 saturated carbocycles. The second kappa shape index (κ2) is 9.32. The number of alkyl halides is 3. The molecular weight excluding hydrogens is 521 g/mol. The Morgan fingerprint density at radius 2 is 1.67 bits per heavy atom. The fourth-order valence-corrected chi connectivity index (χ4v) is 5.41. The second-order valence-electron chi connectivity index (χ2n) is 7.67. The Hall–Kier alpha value is -3.83. The third-order valence-electron chi connectivity index (χ3n) is 5.27. The van der Waals surface area contributed by atoms with E-state index in [0.717, 1.165) is 24.3 Å². The number of nitrogens with one attached hydrogen (secondary N) is 1. The van der Waals surface area contributed by atoms with Crippen LogP contribution in [0.1, 0.15) is 21.5 Å². The number of nitrogens with zero attached hydrogens (tertiary/aromatic N) is 1. The number of allylic oxidation sites excluding steroid dienone is 1. The predicted octanol–water partition coefficient (Wildman–Crippen LogP) is 5.11. The number of halogens is 4. The molecule has 3 aromatic rings. The highest BCUT2D eigenvalue weighted by molar-refractivity contribution is 7.89. The minimum atomic E-state index is -4.57. The number of carbonyl (C=O) groups is 2. The number of Topliss-reactive ketones (excluding diaryl/α,β-unsaturated/α-hetero) is 1. The molecule has 0 atom stereocenters.